The molecular weight excluding hydrogens is 260 g/mol. The molecule has 0 aromatic heterocycles. The summed E-state index contributed by atoms with van der Waals surface area (Å²) >= 11 is 0. The third kappa shape index (κ3) is 3.41. The highest BCUT2D eigenvalue weighted by atomic mass is 32.2. The van der Waals surface area contributed by atoms with E-state index in [-0.39, 0.29) is 11.3 Å². The Kier molecular flexibility index (Phi) is 4.04. The fourth-order valence-corrected chi connectivity index (χ4v) is 4.07. The van der Waals surface area contributed by atoms with Crippen LogP contribution >= 0.6 is 0 Å². The number of anilines is 2. The van der Waals surface area contributed by atoms with Gasteiger partial charge in [0, 0.05) is 37.8 Å². The van der Waals surface area contributed by atoms with Gasteiger partial charge < -0.3 is 10.2 Å². The van der Waals surface area contributed by atoms with E-state index in [9.17, 15) is 8.42 Å². The second kappa shape index (κ2) is 5.41. The van der Waals surface area contributed by atoms with E-state index in [4.69, 9.17) is 0 Å². The van der Waals surface area contributed by atoms with E-state index < -0.39 is 9.84 Å². The number of hydrogen-bond donors (Lipinski definition) is 1. The summed E-state index contributed by atoms with van der Waals surface area (Å²) in [6, 6.07) is 8.12. The molecule has 2 unspecified atom stereocenters. The van der Waals surface area contributed by atoms with Crippen molar-refractivity contribution < 1.29 is 8.42 Å². The lowest BCUT2D eigenvalue weighted by Crippen LogP contribution is -2.34. The average molecular weight is 282 g/mol. The zero-order valence-corrected chi connectivity index (χ0v) is 12.6. The number of hydrogen-bond acceptors (Lipinski definition) is 4. The van der Waals surface area contributed by atoms with Crippen molar-refractivity contribution in [3.05, 3.63) is 24.3 Å². The molecule has 1 fully saturated rings. The summed E-state index contributed by atoms with van der Waals surface area (Å²) in [5, 5.41) is 3.12. The molecule has 0 amide bonds. The summed E-state index contributed by atoms with van der Waals surface area (Å²) in [5.41, 5.74) is 2.13. The molecule has 4 nitrogen and oxygen atoms in total. The van der Waals surface area contributed by atoms with Gasteiger partial charge in [-0.05, 0) is 43.5 Å². The van der Waals surface area contributed by atoms with Gasteiger partial charge in [0.2, 0.25) is 0 Å². The summed E-state index contributed by atoms with van der Waals surface area (Å²) in [6.45, 7) is 0. The number of benzene rings is 1. The molecule has 1 aromatic carbocycles. The Morgan fingerprint density at radius 1 is 1.16 bits per heavy atom. The van der Waals surface area contributed by atoms with Gasteiger partial charge in [0.15, 0.2) is 9.84 Å². The molecule has 0 spiro atoms. The van der Waals surface area contributed by atoms with E-state index in [0.717, 1.165) is 30.6 Å². The van der Waals surface area contributed by atoms with Crippen molar-refractivity contribution in [1.29, 1.82) is 0 Å². The SMILES string of the molecule is CN(C)c1ccc(NC2CCCC2S(C)(=O)=O)cc1. The first-order valence-electron chi connectivity index (χ1n) is 6.61. The minimum absolute atomic E-state index is 0.0419. The van der Waals surface area contributed by atoms with Gasteiger partial charge in [-0.25, -0.2) is 8.42 Å². The molecular formula is C14H22N2O2S. The van der Waals surface area contributed by atoms with Crippen molar-refractivity contribution in [3.63, 3.8) is 0 Å². The Bertz CT molecular complexity index is 523. The molecule has 106 valence electrons. The third-order valence-corrected chi connectivity index (χ3v) is 5.40. The predicted octanol–water partition coefficient (Wildman–Crippen LogP) is 2.13. The van der Waals surface area contributed by atoms with E-state index in [1.807, 2.05) is 43.3 Å². The molecule has 1 aliphatic rings. The van der Waals surface area contributed by atoms with E-state index in [1.165, 1.54) is 6.26 Å². The fourth-order valence-electron chi connectivity index (χ4n) is 2.67. The molecule has 0 bridgehead atoms. The normalized spacial score (nSPS) is 23.3. The lowest BCUT2D eigenvalue weighted by atomic mass is 10.2. The summed E-state index contributed by atoms with van der Waals surface area (Å²) in [5.74, 6) is 0. The minimum atomic E-state index is -2.96. The quantitative estimate of drug-likeness (QED) is 0.919. The predicted molar refractivity (Wildman–Crippen MR) is 80.7 cm³/mol. The van der Waals surface area contributed by atoms with Gasteiger partial charge in [0.1, 0.15) is 0 Å². The van der Waals surface area contributed by atoms with Crippen LogP contribution in [0.4, 0.5) is 11.4 Å². The van der Waals surface area contributed by atoms with Gasteiger partial charge in [-0.3, -0.25) is 0 Å². The van der Waals surface area contributed by atoms with E-state index in [0.29, 0.717) is 0 Å². The zero-order chi connectivity index (χ0) is 14.0. The topological polar surface area (TPSA) is 49.4 Å². The van der Waals surface area contributed by atoms with Crippen LogP contribution in [0.5, 0.6) is 0 Å². The lowest BCUT2D eigenvalue weighted by Gasteiger charge is -2.21. The van der Waals surface area contributed by atoms with Crippen LogP contribution in [0.2, 0.25) is 0 Å². The van der Waals surface area contributed by atoms with Gasteiger partial charge in [0.05, 0.1) is 5.25 Å². The highest BCUT2D eigenvalue weighted by molar-refractivity contribution is 7.91. The van der Waals surface area contributed by atoms with Crippen LogP contribution in [0.3, 0.4) is 0 Å². The molecule has 0 heterocycles. The first-order valence-corrected chi connectivity index (χ1v) is 8.56. The monoisotopic (exact) mass is 282 g/mol. The Hall–Kier alpha value is -1.23. The molecule has 1 N–H and O–H groups in total. The smallest absolute Gasteiger partial charge is 0.152 e. The average Bonchev–Trinajstić information content (AvgIpc) is 2.77. The molecule has 1 saturated carbocycles. The standard InChI is InChI=1S/C14H22N2O2S/c1-16(2)12-9-7-11(8-10-12)15-13-5-4-6-14(13)19(3,17)18/h7-10,13-15H,4-6H2,1-3H3. The molecule has 2 rings (SSSR count). The Balaban J connectivity index is 2.08. The minimum Gasteiger partial charge on any atom is -0.381 e. The Morgan fingerprint density at radius 2 is 1.79 bits per heavy atom. The van der Waals surface area contributed by atoms with Crippen molar-refractivity contribution in [1.82, 2.24) is 0 Å². The Labute approximate surface area is 115 Å². The first kappa shape index (κ1) is 14.2. The molecule has 1 aliphatic carbocycles. The molecule has 0 radical (unpaired) electrons. The molecule has 1 aromatic rings. The summed E-state index contributed by atoms with van der Waals surface area (Å²) in [4.78, 5) is 2.04. The highest BCUT2D eigenvalue weighted by Gasteiger charge is 2.34. The van der Waals surface area contributed by atoms with Gasteiger partial charge in [0.25, 0.3) is 0 Å². The second-order valence-corrected chi connectivity index (χ2v) is 7.76. The number of sulfone groups is 1. The van der Waals surface area contributed by atoms with Crippen molar-refractivity contribution in [2.24, 2.45) is 0 Å². The van der Waals surface area contributed by atoms with E-state index in [1.54, 1.807) is 0 Å². The van der Waals surface area contributed by atoms with Crippen molar-refractivity contribution in [3.8, 4) is 0 Å². The maximum absolute atomic E-state index is 11.7. The largest absolute Gasteiger partial charge is 0.381 e. The first-order chi connectivity index (χ1) is 8.88. The second-order valence-electron chi connectivity index (χ2n) is 5.49. The van der Waals surface area contributed by atoms with Crippen molar-refractivity contribution in [2.45, 2.75) is 30.6 Å². The van der Waals surface area contributed by atoms with Gasteiger partial charge >= 0.3 is 0 Å². The van der Waals surface area contributed by atoms with Crippen LogP contribution in [-0.4, -0.2) is 40.1 Å². The molecule has 19 heavy (non-hydrogen) atoms. The van der Waals surface area contributed by atoms with E-state index >= 15 is 0 Å². The maximum Gasteiger partial charge on any atom is 0.152 e. The fraction of sp³-hybridized carbons (Fsp3) is 0.571. The van der Waals surface area contributed by atoms with Crippen molar-refractivity contribution in [2.75, 3.05) is 30.6 Å². The lowest BCUT2D eigenvalue weighted by molar-refractivity contribution is 0.579. The van der Waals surface area contributed by atoms with E-state index in [2.05, 4.69) is 5.32 Å². The van der Waals surface area contributed by atoms with Crippen LogP contribution in [0, 0.1) is 0 Å². The number of rotatable bonds is 4. The van der Waals surface area contributed by atoms with Gasteiger partial charge in [-0.2, -0.15) is 0 Å². The molecule has 2 atom stereocenters. The van der Waals surface area contributed by atoms with Crippen LogP contribution < -0.4 is 10.2 Å². The van der Waals surface area contributed by atoms with Crippen LogP contribution in [-0.2, 0) is 9.84 Å². The third-order valence-electron chi connectivity index (χ3n) is 3.74. The zero-order valence-electron chi connectivity index (χ0n) is 11.8. The van der Waals surface area contributed by atoms with Crippen LogP contribution in [0.25, 0.3) is 0 Å². The number of nitrogens with one attached hydrogen (secondary N) is 1. The molecule has 0 aliphatic heterocycles. The highest BCUT2D eigenvalue weighted by Crippen LogP contribution is 2.28. The summed E-state index contributed by atoms with van der Waals surface area (Å²) < 4.78 is 23.5. The van der Waals surface area contributed by atoms with Gasteiger partial charge in [-0.15, -0.1) is 0 Å². The Morgan fingerprint density at radius 3 is 2.32 bits per heavy atom. The molecule has 0 saturated heterocycles. The number of nitrogens with zero attached hydrogens (tertiary/aromatic N) is 1. The summed E-state index contributed by atoms with van der Waals surface area (Å²) in [6.07, 6.45) is 4.01. The van der Waals surface area contributed by atoms with Crippen LogP contribution in [0.1, 0.15) is 19.3 Å². The molecule has 5 heteroatoms. The van der Waals surface area contributed by atoms with Crippen LogP contribution in [0.15, 0.2) is 24.3 Å². The van der Waals surface area contributed by atoms with Crippen molar-refractivity contribution >= 4 is 21.2 Å². The maximum atomic E-state index is 11.7. The summed E-state index contributed by atoms with van der Waals surface area (Å²) in [7, 11) is 1.03. The van der Waals surface area contributed by atoms with Gasteiger partial charge in [-0.1, -0.05) is 0 Å².